The summed E-state index contributed by atoms with van der Waals surface area (Å²) in [6.07, 6.45) is 2.26. The van der Waals surface area contributed by atoms with E-state index in [4.69, 9.17) is 0 Å². The zero-order valence-corrected chi connectivity index (χ0v) is 20.6. The fourth-order valence-electron chi connectivity index (χ4n) is 4.74. The average molecular weight is 481 g/mol. The number of aromatic nitrogens is 2. The number of nitrogens with one attached hydrogen (secondary N) is 3. The van der Waals surface area contributed by atoms with E-state index in [9.17, 15) is 13.2 Å². The molecule has 0 radical (unpaired) electrons. The molecule has 5 rings (SSSR count). The smallest absolute Gasteiger partial charge is 0.302 e. The van der Waals surface area contributed by atoms with Crippen LogP contribution in [0.25, 0.3) is 11.0 Å². The minimum Gasteiger partial charge on any atom is -0.302 e. The number of nitrogens with zero attached hydrogens (tertiary/aromatic N) is 3. The van der Waals surface area contributed by atoms with Crippen molar-refractivity contribution in [2.45, 2.75) is 79.8 Å². The van der Waals surface area contributed by atoms with Gasteiger partial charge in [0.05, 0.1) is 21.3 Å². The van der Waals surface area contributed by atoms with E-state index in [0.717, 1.165) is 31.3 Å². The Labute approximate surface area is 192 Å². The van der Waals surface area contributed by atoms with Crippen molar-refractivity contribution < 1.29 is 8.42 Å². The van der Waals surface area contributed by atoms with Crippen molar-refractivity contribution in [1.29, 1.82) is 0 Å². The summed E-state index contributed by atoms with van der Waals surface area (Å²) >= 11 is 1.84. The molecule has 4 atom stereocenters. The van der Waals surface area contributed by atoms with Crippen LogP contribution < -0.4 is 21.2 Å². The van der Waals surface area contributed by atoms with Gasteiger partial charge in [0.25, 0.3) is 0 Å². The molecule has 1 aliphatic carbocycles. The van der Waals surface area contributed by atoms with E-state index in [2.05, 4.69) is 29.3 Å². The van der Waals surface area contributed by atoms with Crippen LogP contribution in [0.4, 0.5) is 0 Å². The monoisotopic (exact) mass is 480 g/mol. The highest BCUT2D eigenvalue weighted by molar-refractivity contribution is 8.00. The number of benzene rings is 1. The van der Waals surface area contributed by atoms with Gasteiger partial charge in [0, 0.05) is 37.0 Å². The number of hydrazine groups is 1. The van der Waals surface area contributed by atoms with Gasteiger partial charge in [0.2, 0.25) is 10.0 Å². The average Bonchev–Trinajstić information content (AvgIpc) is 3.01. The second kappa shape index (κ2) is 7.85. The van der Waals surface area contributed by atoms with Crippen LogP contribution in [0, 0.1) is 0 Å². The Kier molecular flexibility index (Phi) is 5.50. The summed E-state index contributed by atoms with van der Waals surface area (Å²) in [7, 11) is -1.71. The third kappa shape index (κ3) is 4.03. The van der Waals surface area contributed by atoms with E-state index in [-0.39, 0.29) is 27.5 Å². The molecule has 3 N–H and O–H groups in total. The minimum absolute atomic E-state index is 0.100. The largest absolute Gasteiger partial charge is 0.330 e. The molecule has 0 spiro atoms. The number of hydrogen-bond acceptors (Lipinski definition) is 7. The van der Waals surface area contributed by atoms with E-state index in [1.807, 2.05) is 35.3 Å². The van der Waals surface area contributed by atoms with Gasteiger partial charge in [-0.05, 0) is 58.2 Å². The van der Waals surface area contributed by atoms with Crippen LogP contribution in [-0.2, 0) is 16.6 Å². The first kappa shape index (κ1) is 22.4. The van der Waals surface area contributed by atoms with E-state index in [1.54, 1.807) is 22.8 Å². The Balaban J connectivity index is 1.60. The predicted octanol–water partition coefficient (Wildman–Crippen LogP) is 1.41. The van der Waals surface area contributed by atoms with E-state index < -0.39 is 10.0 Å². The number of sulfonamides is 1. The van der Waals surface area contributed by atoms with Crippen LogP contribution in [0.2, 0.25) is 0 Å². The highest BCUT2D eigenvalue weighted by Crippen LogP contribution is 2.36. The van der Waals surface area contributed by atoms with Crippen molar-refractivity contribution in [3.05, 3.63) is 28.7 Å². The van der Waals surface area contributed by atoms with Gasteiger partial charge in [-0.15, -0.1) is 11.8 Å². The molecule has 3 fully saturated rings. The molecular formula is C21H32N6O3S2. The van der Waals surface area contributed by atoms with Gasteiger partial charge in [-0.1, -0.05) is 0 Å². The van der Waals surface area contributed by atoms with Crippen molar-refractivity contribution >= 4 is 32.8 Å². The maximum atomic E-state index is 13.6. The summed E-state index contributed by atoms with van der Waals surface area (Å²) in [5.74, 6) is 0. The first-order valence-corrected chi connectivity index (χ1v) is 13.7. The summed E-state index contributed by atoms with van der Waals surface area (Å²) < 4.78 is 32.4. The molecule has 4 unspecified atom stereocenters. The third-order valence-corrected chi connectivity index (χ3v) is 9.93. The molecule has 32 heavy (non-hydrogen) atoms. The zero-order chi connectivity index (χ0) is 22.8. The lowest BCUT2D eigenvalue weighted by molar-refractivity contribution is 0.263. The van der Waals surface area contributed by atoms with E-state index in [1.165, 1.54) is 0 Å². The van der Waals surface area contributed by atoms with Crippen LogP contribution in [0.1, 0.15) is 46.2 Å². The maximum absolute atomic E-state index is 13.6. The number of rotatable bonds is 6. The second-order valence-corrected chi connectivity index (χ2v) is 13.0. The predicted molar refractivity (Wildman–Crippen MR) is 127 cm³/mol. The summed E-state index contributed by atoms with van der Waals surface area (Å²) in [6.45, 7) is 7.60. The van der Waals surface area contributed by atoms with Gasteiger partial charge in [-0.3, -0.25) is 9.13 Å². The molecule has 1 aromatic heterocycles. The Morgan fingerprint density at radius 1 is 1.25 bits per heavy atom. The Hall–Kier alpha value is -1.37. The van der Waals surface area contributed by atoms with Gasteiger partial charge >= 0.3 is 5.69 Å². The zero-order valence-electron chi connectivity index (χ0n) is 19.0. The molecule has 0 bridgehead atoms. The lowest BCUT2D eigenvalue weighted by atomic mass is 10.2. The number of thioether (sulfide) groups is 1. The van der Waals surface area contributed by atoms with Gasteiger partial charge in [0.15, 0.2) is 0 Å². The topological polar surface area (TPSA) is 100 Å². The molecule has 3 heterocycles. The number of hydrogen-bond donors (Lipinski definition) is 3. The fraction of sp³-hybridized carbons (Fsp3) is 0.667. The molecule has 1 saturated carbocycles. The molecule has 2 aliphatic heterocycles. The normalized spacial score (nSPS) is 30.4. The maximum Gasteiger partial charge on any atom is 0.330 e. The van der Waals surface area contributed by atoms with Gasteiger partial charge < -0.3 is 5.32 Å². The fourth-order valence-corrected chi connectivity index (χ4v) is 7.59. The molecule has 176 valence electrons. The molecule has 3 aliphatic rings. The van der Waals surface area contributed by atoms with Crippen LogP contribution >= 0.6 is 11.8 Å². The SMILES string of the molecule is CC1NC(C)C(Cn2c(=O)n(C3CCN(C)N3)c3cc(S(=O)(=O)NC4(C)CC4)ccc32)S1. The van der Waals surface area contributed by atoms with Crippen molar-refractivity contribution in [3.8, 4) is 0 Å². The molecule has 2 aromatic rings. The molecule has 1 aromatic carbocycles. The number of imidazole rings is 1. The quantitative estimate of drug-likeness (QED) is 0.575. The van der Waals surface area contributed by atoms with E-state index >= 15 is 0 Å². The van der Waals surface area contributed by atoms with Crippen LogP contribution in [0.5, 0.6) is 0 Å². The van der Waals surface area contributed by atoms with Crippen molar-refractivity contribution in [2.24, 2.45) is 0 Å². The highest BCUT2D eigenvalue weighted by Gasteiger charge is 2.41. The Morgan fingerprint density at radius 3 is 2.59 bits per heavy atom. The third-order valence-electron chi connectivity index (χ3n) is 6.84. The highest BCUT2D eigenvalue weighted by atomic mass is 32.2. The van der Waals surface area contributed by atoms with E-state index in [0.29, 0.717) is 23.5 Å². The molecule has 0 amide bonds. The first-order chi connectivity index (χ1) is 15.1. The number of fused-ring (bicyclic) bond motifs is 1. The first-order valence-electron chi connectivity index (χ1n) is 11.2. The van der Waals surface area contributed by atoms with Crippen LogP contribution in [-0.4, -0.2) is 58.4 Å². The Morgan fingerprint density at radius 2 is 2.00 bits per heavy atom. The lowest BCUT2D eigenvalue weighted by Crippen LogP contribution is -2.38. The summed E-state index contributed by atoms with van der Waals surface area (Å²) in [5.41, 5.74) is 4.31. The molecule has 11 heteroatoms. The van der Waals surface area contributed by atoms with Gasteiger partial charge in [0.1, 0.15) is 6.17 Å². The summed E-state index contributed by atoms with van der Waals surface area (Å²) in [5, 5.41) is 6.09. The Bertz CT molecular complexity index is 1200. The van der Waals surface area contributed by atoms with Gasteiger partial charge in [-0.2, -0.15) is 0 Å². The van der Waals surface area contributed by atoms with Crippen molar-refractivity contribution in [2.75, 3.05) is 13.6 Å². The van der Waals surface area contributed by atoms with Crippen molar-refractivity contribution in [3.63, 3.8) is 0 Å². The standard InChI is InChI=1S/C21H32N6O3S2/c1-13-18(31-14(2)22-13)12-26-16-6-5-15(32(29,30)24-21(3)8-9-21)11-17(16)27(20(26)28)19-7-10-25(4)23-19/h5-6,11,13-14,18-19,22-24H,7-10,12H2,1-4H3. The lowest BCUT2D eigenvalue weighted by Gasteiger charge is -2.16. The van der Waals surface area contributed by atoms with Gasteiger partial charge in [-0.25, -0.2) is 28.4 Å². The van der Waals surface area contributed by atoms with Crippen molar-refractivity contribution in [1.82, 2.24) is 29.6 Å². The summed E-state index contributed by atoms with van der Waals surface area (Å²) in [6, 6.07) is 5.36. The minimum atomic E-state index is -3.66. The second-order valence-electron chi connectivity index (χ2n) is 9.71. The molecule has 9 nitrogen and oxygen atoms in total. The summed E-state index contributed by atoms with van der Waals surface area (Å²) in [4.78, 5) is 13.8. The van der Waals surface area contributed by atoms with Crippen LogP contribution in [0.15, 0.2) is 27.9 Å². The molecular weight excluding hydrogens is 448 g/mol. The molecule has 2 saturated heterocycles. The van der Waals surface area contributed by atoms with Crippen LogP contribution in [0.3, 0.4) is 0 Å².